The van der Waals surface area contributed by atoms with Gasteiger partial charge in [-0.25, -0.2) is 0 Å². The number of ether oxygens (including phenoxy) is 1. The van der Waals surface area contributed by atoms with Gasteiger partial charge in [0.15, 0.2) is 0 Å². The quantitative estimate of drug-likeness (QED) is 0.644. The second kappa shape index (κ2) is 7.98. The summed E-state index contributed by atoms with van der Waals surface area (Å²) in [6.07, 6.45) is 5.26. The largest absolute Gasteiger partial charge is 0.459 e. The minimum atomic E-state index is -0.305. The molecule has 1 aromatic carbocycles. The van der Waals surface area contributed by atoms with E-state index in [0.29, 0.717) is 6.42 Å². The molecule has 0 heterocycles. The molecule has 0 spiro atoms. The highest BCUT2D eigenvalue weighted by atomic mass is 16.6. The summed E-state index contributed by atoms with van der Waals surface area (Å²) in [7, 11) is 0. The molecule has 19 heavy (non-hydrogen) atoms. The molecule has 0 aromatic heterocycles. The molecule has 0 aliphatic rings. The van der Waals surface area contributed by atoms with Crippen LogP contribution in [0, 0.1) is 0 Å². The van der Waals surface area contributed by atoms with E-state index >= 15 is 0 Å². The first kappa shape index (κ1) is 15.7. The fourth-order valence-corrected chi connectivity index (χ4v) is 2.14. The highest BCUT2D eigenvalue weighted by molar-refractivity contribution is 5.69. The van der Waals surface area contributed by atoms with E-state index < -0.39 is 0 Å². The molecule has 0 radical (unpaired) electrons. The van der Waals surface area contributed by atoms with Gasteiger partial charge in [0.05, 0.1) is 0 Å². The van der Waals surface area contributed by atoms with E-state index in [1.54, 1.807) is 0 Å². The lowest BCUT2D eigenvalue weighted by Gasteiger charge is -2.28. The van der Waals surface area contributed by atoms with Crippen molar-refractivity contribution in [3.05, 3.63) is 35.9 Å². The Bertz CT molecular complexity index is 372. The van der Waals surface area contributed by atoms with Crippen LogP contribution in [-0.2, 0) is 16.0 Å². The van der Waals surface area contributed by atoms with E-state index in [2.05, 4.69) is 31.2 Å². The molecule has 1 atom stereocenters. The van der Waals surface area contributed by atoms with E-state index in [4.69, 9.17) is 4.74 Å². The van der Waals surface area contributed by atoms with Crippen molar-refractivity contribution >= 4 is 5.97 Å². The Balaban J connectivity index is 2.40. The number of rotatable bonds is 8. The van der Waals surface area contributed by atoms with Gasteiger partial charge in [0.25, 0.3) is 0 Å². The Morgan fingerprint density at radius 1 is 1.21 bits per heavy atom. The molecule has 0 bridgehead atoms. The van der Waals surface area contributed by atoms with Gasteiger partial charge >= 0.3 is 5.97 Å². The number of carbonyl (C=O) groups excluding carboxylic acids is 1. The summed E-state index contributed by atoms with van der Waals surface area (Å²) in [5, 5.41) is 0. The van der Waals surface area contributed by atoms with Crippen LogP contribution in [-0.4, -0.2) is 11.6 Å². The molecule has 1 unspecified atom stereocenters. The molecule has 1 rings (SSSR count). The van der Waals surface area contributed by atoms with Gasteiger partial charge < -0.3 is 4.74 Å². The molecule has 0 saturated heterocycles. The summed E-state index contributed by atoms with van der Waals surface area (Å²) >= 11 is 0. The maximum Gasteiger partial charge on any atom is 0.306 e. The van der Waals surface area contributed by atoms with Crippen molar-refractivity contribution in [1.29, 1.82) is 0 Å². The third-order valence-corrected chi connectivity index (χ3v) is 3.58. The van der Waals surface area contributed by atoms with Crippen molar-refractivity contribution in [2.24, 2.45) is 0 Å². The average Bonchev–Trinajstić information content (AvgIpc) is 2.40. The zero-order valence-corrected chi connectivity index (χ0v) is 12.4. The van der Waals surface area contributed by atoms with Gasteiger partial charge in [-0.15, -0.1) is 0 Å². The number of hydrogen-bond donors (Lipinski definition) is 0. The fraction of sp³-hybridized carbons (Fsp3) is 0.588. The Morgan fingerprint density at radius 2 is 1.89 bits per heavy atom. The van der Waals surface area contributed by atoms with Crippen molar-refractivity contribution in [3.63, 3.8) is 0 Å². The van der Waals surface area contributed by atoms with Gasteiger partial charge in [0.2, 0.25) is 0 Å². The van der Waals surface area contributed by atoms with Crippen LogP contribution in [0.2, 0.25) is 0 Å². The standard InChI is InChI=1S/C17H26O2/c1-4-10-16(18)19-17(3,5-2)14-9-13-15-11-7-6-8-12-15/h6-8,11-12H,4-5,9-10,13-14H2,1-3H3. The minimum absolute atomic E-state index is 0.0634. The molecule has 0 aliphatic carbocycles. The second-order valence-electron chi connectivity index (χ2n) is 5.37. The Morgan fingerprint density at radius 3 is 2.47 bits per heavy atom. The lowest BCUT2D eigenvalue weighted by atomic mass is 9.94. The predicted molar refractivity (Wildman–Crippen MR) is 79.1 cm³/mol. The maximum atomic E-state index is 11.6. The second-order valence-corrected chi connectivity index (χ2v) is 5.37. The molecule has 1 aromatic rings. The molecule has 0 aliphatic heterocycles. The van der Waals surface area contributed by atoms with Crippen LogP contribution in [0.25, 0.3) is 0 Å². The lowest BCUT2D eigenvalue weighted by molar-refractivity contribution is -0.159. The molecular weight excluding hydrogens is 236 g/mol. The van der Waals surface area contributed by atoms with Crippen LogP contribution in [0.4, 0.5) is 0 Å². The summed E-state index contributed by atoms with van der Waals surface area (Å²) in [4.78, 5) is 11.6. The van der Waals surface area contributed by atoms with Crippen LogP contribution in [0.3, 0.4) is 0 Å². The summed E-state index contributed by atoms with van der Waals surface area (Å²) in [5.41, 5.74) is 1.04. The van der Waals surface area contributed by atoms with Crippen molar-refractivity contribution in [2.45, 2.75) is 64.9 Å². The number of carbonyl (C=O) groups is 1. The van der Waals surface area contributed by atoms with Gasteiger partial charge in [0, 0.05) is 6.42 Å². The maximum absolute atomic E-state index is 11.6. The first-order chi connectivity index (χ1) is 9.09. The van der Waals surface area contributed by atoms with Crippen LogP contribution in [0.15, 0.2) is 30.3 Å². The number of hydrogen-bond acceptors (Lipinski definition) is 2. The van der Waals surface area contributed by atoms with Gasteiger partial charge in [-0.05, 0) is 44.6 Å². The molecule has 106 valence electrons. The van der Waals surface area contributed by atoms with Crippen molar-refractivity contribution in [2.75, 3.05) is 0 Å². The third kappa shape index (κ3) is 5.91. The SMILES string of the molecule is CCCC(=O)OC(C)(CC)CCCc1ccccc1. The predicted octanol–water partition coefficient (Wildman–Crippen LogP) is 4.52. The highest BCUT2D eigenvalue weighted by Gasteiger charge is 2.25. The fourth-order valence-electron chi connectivity index (χ4n) is 2.14. The molecule has 0 saturated carbocycles. The van der Waals surface area contributed by atoms with Gasteiger partial charge in [-0.1, -0.05) is 44.2 Å². The first-order valence-electron chi connectivity index (χ1n) is 7.35. The van der Waals surface area contributed by atoms with Gasteiger partial charge in [-0.2, -0.15) is 0 Å². The Labute approximate surface area is 117 Å². The Hall–Kier alpha value is -1.31. The van der Waals surface area contributed by atoms with Gasteiger partial charge in [0.1, 0.15) is 5.60 Å². The summed E-state index contributed by atoms with van der Waals surface area (Å²) in [6, 6.07) is 10.5. The smallest absolute Gasteiger partial charge is 0.306 e. The lowest BCUT2D eigenvalue weighted by Crippen LogP contribution is -2.31. The van der Waals surface area contributed by atoms with E-state index in [1.165, 1.54) is 5.56 Å². The monoisotopic (exact) mass is 262 g/mol. The number of benzene rings is 1. The van der Waals surface area contributed by atoms with Gasteiger partial charge in [-0.3, -0.25) is 4.79 Å². The zero-order chi connectivity index (χ0) is 14.1. The molecular formula is C17H26O2. The molecule has 0 N–H and O–H groups in total. The third-order valence-electron chi connectivity index (χ3n) is 3.58. The van der Waals surface area contributed by atoms with Crippen LogP contribution in [0.1, 0.15) is 58.4 Å². The Kier molecular flexibility index (Phi) is 6.61. The van der Waals surface area contributed by atoms with Crippen LogP contribution in [0.5, 0.6) is 0 Å². The minimum Gasteiger partial charge on any atom is -0.459 e. The first-order valence-corrected chi connectivity index (χ1v) is 7.35. The van der Waals surface area contributed by atoms with E-state index in [1.807, 2.05) is 19.9 Å². The average molecular weight is 262 g/mol. The van der Waals surface area contributed by atoms with E-state index in [9.17, 15) is 4.79 Å². The molecule has 0 amide bonds. The number of aryl methyl sites for hydroxylation is 1. The highest BCUT2D eigenvalue weighted by Crippen LogP contribution is 2.24. The summed E-state index contributed by atoms with van der Waals surface area (Å²) in [5.74, 6) is -0.0634. The molecule has 2 heteroatoms. The zero-order valence-electron chi connectivity index (χ0n) is 12.4. The normalized spacial score (nSPS) is 13.8. The molecule has 0 fully saturated rings. The van der Waals surface area contributed by atoms with Crippen molar-refractivity contribution < 1.29 is 9.53 Å². The summed E-state index contributed by atoms with van der Waals surface area (Å²) < 4.78 is 5.63. The van der Waals surface area contributed by atoms with Crippen molar-refractivity contribution in [3.8, 4) is 0 Å². The van der Waals surface area contributed by atoms with E-state index in [-0.39, 0.29) is 11.6 Å². The van der Waals surface area contributed by atoms with Crippen LogP contribution < -0.4 is 0 Å². The molecule has 2 nitrogen and oxygen atoms in total. The van der Waals surface area contributed by atoms with E-state index in [0.717, 1.165) is 32.1 Å². The topological polar surface area (TPSA) is 26.3 Å². The van der Waals surface area contributed by atoms with Crippen LogP contribution >= 0.6 is 0 Å². The number of esters is 1. The summed E-state index contributed by atoms with van der Waals surface area (Å²) in [6.45, 7) is 6.13. The van der Waals surface area contributed by atoms with Crippen molar-refractivity contribution in [1.82, 2.24) is 0 Å².